The minimum Gasteiger partial charge on any atom is -0.493 e. The van der Waals surface area contributed by atoms with Crippen LogP contribution in [0.3, 0.4) is 0 Å². The van der Waals surface area contributed by atoms with E-state index < -0.39 is 0 Å². The summed E-state index contributed by atoms with van der Waals surface area (Å²) in [6.07, 6.45) is 5.02. The van der Waals surface area contributed by atoms with E-state index in [1.165, 1.54) is 32.4 Å². The summed E-state index contributed by atoms with van der Waals surface area (Å²) < 4.78 is 8.39. The third-order valence-corrected chi connectivity index (χ3v) is 7.93. The third-order valence-electron chi connectivity index (χ3n) is 5.84. The highest BCUT2D eigenvalue weighted by atomic mass is 35.5. The predicted molar refractivity (Wildman–Crippen MR) is 147 cm³/mol. The summed E-state index contributed by atoms with van der Waals surface area (Å²) in [4.78, 5) is 3.60. The van der Waals surface area contributed by atoms with Gasteiger partial charge in [0.15, 0.2) is 0 Å². The maximum Gasteiger partial charge on any atom is 0.124 e. The zero-order chi connectivity index (χ0) is 23.8. The summed E-state index contributed by atoms with van der Waals surface area (Å²) in [6, 6.07) is 21.7. The van der Waals surface area contributed by atoms with E-state index in [-0.39, 0.29) is 0 Å². The van der Waals surface area contributed by atoms with E-state index in [2.05, 4.69) is 15.3 Å². The third kappa shape index (κ3) is 7.22. The lowest BCUT2D eigenvalue weighted by atomic mass is 10.1. The number of anilines is 1. The Morgan fingerprint density at radius 2 is 1.62 bits per heavy atom. The van der Waals surface area contributed by atoms with E-state index in [4.69, 9.17) is 39.5 Å². The first-order valence-corrected chi connectivity index (χ1v) is 13.6. The van der Waals surface area contributed by atoms with E-state index in [9.17, 15) is 0 Å². The highest BCUT2D eigenvalue weighted by Gasteiger charge is 2.17. The van der Waals surface area contributed by atoms with Crippen LogP contribution in [0, 0.1) is 0 Å². The molecule has 1 aliphatic heterocycles. The van der Waals surface area contributed by atoms with Crippen LogP contribution >= 0.6 is 46.8 Å². The van der Waals surface area contributed by atoms with Gasteiger partial charge < -0.3 is 13.9 Å². The molecule has 3 nitrogen and oxygen atoms in total. The Balaban J connectivity index is 1.48. The molecule has 0 saturated carbocycles. The molecule has 180 valence electrons. The second-order valence-electron chi connectivity index (χ2n) is 8.37. The molecular formula is C27H29Cl3N2OS. The van der Waals surface area contributed by atoms with Crippen molar-refractivity contribution in [2.24, 2.45) is 0 Å². The number of piperidine rings is 1. The van der Waals surface area contributed by atoms with Gasteiger partial charge in [0.2, 0.25) is 0 Å². The van der Waals surface area contributed by atoms with Gasteiger partial charge in [-0.2, -0.15) is 0 Å². The molecule has 3 aromatic carbocycles. The van der Waals surface area contributed by atoms with E-state index in [0.717, 1.165) is 34.9 Å². The molecule has 0 unspecified atom stereocenters. The summed E-state index contributed by atoms with van der Waals surface area (Å²) in [5.41, 5.74) is 1.95. The van der Waals surface area contributed by atoms with Crippen molar-refractivity contribution in [3.8, 4) is 5.75 Å². The van der Waals surface area contributed by atoms with Crippen molar-refractivity contribution >= 4 is 52.4 Å². The van der Waals surface area contributed by atoms with Crippen LogP contribution in [0.4, 0.5) is 5.69 Å². The molecule has 0 amide bonds. The van der Waals surface area contributed by atoms with Crippen LogP contribution in [0.2, 0.25) is 15.1 Å². The summed E-state index contributed by atoms with van der Waals surface area (Å²) in [5.74, 6) is 0.904. The average molecular weight is 536 g/mol. The van der Waals surface area contributed by atoms with E-state index in [1.807, 2.05) is 54.6 Å². The number of rotatable bonds is 10. The first kappa shape index (κ1) is 25.5. The molecule has 3 aromatic rings. The predicted octanol–water partition coefficient (Wildman–Crippen LogP) is 8.62. The van der Waals surface area contributed by atoms with Gasteiger partial charge in [0.1, 0.15) is 5.75 Å². The lowest BCUT2D eigenvalue weighted by Gasteiger charge is -2.27. The Morgan fingerprint density at radius 1 is 0.853 bits per heavy atom. The number of hydrogen-bond acceptors (Lipinski definition) is 4. The average Bonchev–Trinajstić information content (AvgIpc) is 2.86. The van der Waals surface area contributed by atoms with Gasteiger partial charge in [-0.3, -0.25) is 0 Å². The first-order chi connectivity index (χ1) is 16.6. The molecule has 1 saturated heterocycles. The van der Waals surface area contributed by atoms with E-state index >= 15 is 0 Å². The number of para-hydroxylation sites is 1. The fourth-order valence-corrected chi connectivity index (χ4v) is 5.60. The van der Waals surface area contributed by atoms with Gasteiger partial charge in [0.25, 0.3) is 0 Å². The van der Waals surface area contributed by atoms with Crippen LogP contribution in [-0.4, -0.2) is 31.1 Å². The molecular weight excluding hydrogens is 507 g/mol. The van der Waals surface area contributed by atoms with Crippen molar-refractivity contribution in [1.29, 1.82) is 0 Å². The number of hydrogen-bond donors (Lipinski definition) is 0. The fourth-order valence-electron chi connectivity index (χ4n) is 4.06. The van der Waals surface area contributed by atoms with Crippen molar-refractivity contribution in [2.45, 2.75) is 37.1 Å². The van der Waals surface area contributed by atoms with Crippen molar-refractivity contribution in [2.75, 3.05) is 30.5 Å². The largest absolute Gasteiger partial charge is 0.493 e. The Hall–Kier alpha value is -1.56. The molecule has 0 atom stereocenters. The Kier molecular flexibility index (Phi) is 9.72. The molecule has 7 heteroatoms. The number of nitrogens with zero attached hydrogens (tertiary/aromatic N) is 2. The molecule has 0 aliphatic carbocycles. The van der Waals surface area contributed by atoms with Crippen LogP contribution in [0.1, 0.15) is 31.2 Å². The lowest BCUT2D eigenvalue weighted by molar-refractivity contribution is 0.204. The standard InChI is InChI=1S/C27H29Cl3N2OS/c28-22-12-14-23(15-13-22)34-32(25-10-6-9-24(29)27(25)30)20-21-8-2-3-11-26(21)33-19-7-18-31-16-4-1-5-17-31/h2-3,6,8-15H,1,4-5,7,16-20H2. The van der Waals surface area contributed by atoms with Gasteiger partial charge in [0, 0.05) is 22.0 Å². The monoisotopic (exact) mass is 534 g/mol. The molecule has 4 rings (SSSR count). The smallest absolute Gasteiger partial charge is 0.124 e. The van der Waals surface area contributed by atoms with Crippen molar-refractivity contribution in [3.05, 3.63) is 87.4 Å². The van der Waals surface area contributed by atoms with Crippen molar-refractivity contribution < 1.29 is 4.74 Å². The van der Waals surface area contributed by atoms with E-state index in [1.54, 1.807) is 18.0 Å². The van der Waals surface area contributed by atoms with Crippen LogP contribution in [0.15, 0.2) is 71.6 Å². The quantitative estimate of drug-likeness (QED) is 0.191. The summed E-state index contributed by atoms with van der Waals surface area (Å²) in [6.45, 7) is 4.84. The molecule has 1 fully saturated rings. The minimum absolute atomic E-state index is 0.531. The zero-order valence-electron chi connectivity index (χ0n) is 19.1. The molecule has 1 heterocycles. The summed E-state index contributed by atoms with van der Waals surface area (Å²) >= 11 is 20.7. The molecule has 0 radical (unpaired) electrons. The van der Waals surface area contributed by atoms with Crippen molar-refractivity contribution in [1.82, 2.24) is 4.90 Å². The minimum atomic E-state index is 0.531. The lowest BCUT2D eigenvalue weighted by Crippen LogP contribution is -2.31. The topological polar surface area (TPSA) is 15.7 Å². The number of ether oxygens (including phenoxy) is 1. The van der Waals surface area contributed by atoms with Crippen LogP contribution in [-0.2, 0) is 6.54 Å². The van der Waals surface area contributed by atoms with Crippen molar-refractivity contribution in [3.63, 3.8) is 0 Å². The van der Waals surface area contributed by atoms with Gasteiger partial charge in [-0.1, -0.05) is 65.5 Å². The van der Waals surface area contributed by atoms with Gasteiger partial charge in [0.05, 0.1) is 28.9 Å². The first-order valence-electron chi connectivity index (χ1n) is 11.7. The Morgan fingerprint density at radius 3 is 2.41 bits per heavy atom. The molecule has 0 bridgehead atoms. The summed E-state index contributed by atoms with van der Waals surface area (Å²) in [5, 5.41) is 1.77. The highest BCUT2D eigenvalue weighted by molar-refractivity contribution is 8.00. The molecule has 1 aliphatic rings. The molecule has 0 spiro atoms. The van der Waals surface area contributed by atoms with Crippen LogP contribution in [0.5, 0.6) is 5.75 Å². The zero-order valence-corrected chi connectivity index (χ0v) is 22.1. The molecule has 0 aromatic heterocycles. The maximum absolute atomic E-state index is 6.62. The number of benzene rings is 3. The number of likely N-dealkylation sites (tertiary alicyclic amines) is 1. The Bertz CT molecular complexity index is 1060. The van der Waals surface area contributed by atoms with Gasteiger partial charge in [-0.05, 0) is 86.8 Å². The van der Waals surface area contributed by atoms with Crippen LogP contribution in [0.25, 0.3) is 0 Å². The number of halogens is 3. The fraction of sp³-hybridized carbons (Fsp3) is 0.333. The Labute approximate surface area is 222 Å². The SMILES string of the molecule is Clc1ccc(SN(Cc2ccccc2OCCCN2CCCCC2)c2cccc(Cl)c2Cl)cc1. The second kappa shape index (κ2) is 12.9. The van der Waals surface area contributed by atoms with Gasteiger partial charge >= 0.3 is 0 Å². The van der Waals surface area contributed by atoms with Gasteiger partial charge in [-0.25, -0.2) is 0 Å². The normalized spacial score (nSPS) is 14.2. The molecule has 0 N–H and O–H groups in total. The maximum atomic E-state index is 6.62. The van der Waals surface area contributed by atoms with Gasteiger partial charge in [-0.15, -0.1) is 0 Å². The second-order valence-corrected chi connectivity index (χ2v) is 10.7. The van der Waals surface area contributed by atoms with Crippen LogP contribution < -0.4 is 9.04 Å². The summed E-state index contributed by atoms with van der Waals surface area (Å²) in [7, 11) is 0. The van der Waals surface area contributed by atoms with E-state index in [0.29, 0.717) is 28.2 Å². The molecule has 34 heavy (non-hydrogen) atoms. The highest BCUT2D eigenvalue weighted by Crippen LogP contribution is 2.39.